The number of carbonyl (C=O) groups excluding carboxylic acids is 2. The maximum atomic E-state index is 15.2. The molecule has 1 saturated carbocycles. The number of hydrogen-bond donors (Lipinski definition) is 2. The average Bonchev–Trinajstić information content (AvgIpc) is 3.56. The summed E-state index contributed by atoms with van der Waals surface area (Å²) >= 11 is 0. The highest BCUT2D eigenvalue weighted by Crippen LogP contribution is 2.44. The zero-order chi connectivity index (χ0) is 26.4. The quantitative estimate of drug-likeness (QED) is 0.584. The van der Waals surface area contributed by atoms with E-state index < -0.39 is 5.41 Å². The summed E-state index contributed by atoms with van der Waals surface area (Å²) in [5.74, 6) is 0.251. The van der Waals surface area contributed by atoms with Crippen molar-refractivity contribution in [1.29, 1.82) is 0 Å². The van der Waals surface area contributed by atoms with Crippen molar-refractivity contribution >= 4 is 35.0 Å². The molecule has 202 valence electrons. The molecule has 3 fully saturated rings. The Labute approximate surface area is 222 Å². The van der Waals surface area contributed by atoms with Crippen LogP contribution in [0.15, 0.2) is 24.4 Å². The van der Waals surface area contributed by atoms with Gasteiger partial charge >= 0.3 is 0 Å². The fourth-order valence-electron chi connectivity index (χ4n) is 6.51. The third-order valence-electron chi connectivity index (χ3n) is 8.74. The van der Waals surface area contributed by atoms with Gasteiger partial charge in [0.2, 0.25) is 17.8 Å². The van der Waals surface area contributed by atoms with Crippen molar-refractivity contribution < 1.29 is 14.0 Å². The molecule has 2 saturated heterocycles. The first-order valence-electron chi connectivity index (χ1n) is 13.9. The van der Waals surface area contributed by atoms with E-state index in [2.05, 4.69) is 39.3 Å². The van der Waals surface area contributed by atoms with Gasteiger partial charge in [0.05, 0.1) is 5.69 Å². The second-order valence-electron chi connectivity index (χ2n) is 11.3. The molecule has 0 radical (unpaired) electrons. The Balaban J connectivity index is 1.24. The maximum Gasteiger partial charge on any atom is 0.244 e. The van der Waals surface area contributed by atoms with Gasteiger partial charge < -0.3 is 15.5 Å². The topological polar surface area (TPSA) is 93.7 Å². The second-order valence-corrected chi connectivity index (χ2v) is 11.3. The highest BCUT2D eigenvalue weighted by molar-refractivity contribution is 6.14. The van der Waals surface area contributed by atoms with E-state index in [1.807, 2.05) is 6.07 Å². The van der Waals surface area contributed by atoms with Crippen LogP contribution in [0.5, 0.6) is 0 Å². The Hall–Kier alpha value is -3.27. The van der Waals surface area contributed by atoms with Crippen LogP contribution in [0.25, 0.3) is 0 Å². The predicted octanol–water partition coefficient (Wildman–Crippen LogP) is 3.23. The van der Waals surface area contributed by atoms with Crippen molar-refractivity contribution in [2.75, 3.05) is 47.8 Å². The highest BCUT2D eigenvalue weighted by atomic mass is 19.1. The van der Waals surface area contributed by atoms with Gasteiger partial charge in [0.25, 0.3) is 0 Å². The summed E-state index contributed by atoms with van der Waals surface area (Å²) < 4.78 is 15.2. The van der Waals surface area contributed by atoms with E-state index in [1.165, 1.54) is 6.07 Å². The average molecular weight is 522 g/mol. The predicted molar refractivity (Wildman–Crippen MR) is 144 cm³/mol. The fraction of sp³-hybridized carbons (Fsp3) is 0.571. The number of benzene rings is 1. The molecular formula is C28H36FN7O2. The Morgan fingerprint density at radius 3 is 2.55 bits per heavy atom. The van der Waals surface area contributed by atoms with E-state index in [0.717, 1.165) is 57.4 Å². The Morgan fingerprint density at radius 2 is 1.89 bits per heavy atom. The standard InChI is InChI=1S/C28H36FN7O2/c1-18(2)34-11-13-35(14-12-34)23-8-7-20(15-22(23)29)32-27-31-17-19-16-28(9-10-30-25(28)37)26(38)36(24(19)33-27)21-5-3-4-6-21/h7-8,15,17-18,21H,3-6,9-14,16H2,1-2H3,(H,30,37)(H,31,32,33)/t28-/m1/s1. The number of nitrogens with zero attached hydrogens (tertiary/aromatic N) is 5. The number of aromatic nitrogens is 2. The van der Waals surface area contributed by atoms with Crippen molar-refractivity contribution in [3.8, 4) is 0 Å². The molecule has 1 aliphatic carbocycles. The molecule has 1 atom stereocenters. The van der Waals surface area contributed by atoms with Crippen LogP contribution in [0.3, 0.4) is 0 Å². The molecule has 2 N–H and O–H groups in total. The molecular weight excluding hydrogens is 485 g/mol. The summed E-state index contributed by atoms with van der Waals surface area (Å²) in [5, 5.41) is 5.99. The minimum absolute atomic E-state index is 0.0301. The van der Waals surface area contributed by atoms with Crippen LogP contribution in [-0.4, -0.2) is 71.5 Å². The molecule has 4 aliphatic rings. The molecule has 2 aromatic rings. The number of hydrogen-bond acceptors (Lipinski definition) is 7. The number of carbonyl (C=O) groups is 2. The number of rotatable bonds is 5. The first kappa shape index (κ1) is 25.0. The van der Waals surface area contributed by atoms with Gasteiger partial charge in [-0.25, -0.2) is 9.37 Å². The molecule has 1 aromatic carbocycles. The Morgan fingerprint density at radius 1 is 1.13 bits per heavy atom. The molecule has 3 aliphatic heterocycles. The SMILES string of the molecule is CC(C)N1CCN(c2ccc(Nc3ncc4c(n3)N(C3CCCC3)C(=O)[C@]3(CCNC3=O)C4)cc2F)CC1. The summed E-state index contributed by atoms with van der Waals surface area (Å²) in [6.45, 7) is 8.30. The van der Waals surface area contributed by atoms with E-state index in [1.54, 1.807) is 17.2 Å². The summed E-state index contributed by atoms with van der Waals surface area (Å²) in [6, 6.07) is 5.64. The number of anilines is 4. The minimum atomic E-state index is -1.06. The lowest BCUT2D eigenvalue weighted by Gasteiger charge is -2.40. The van der Waals surface area contributed by atoms with Crippen molar-refractivity contribution in [2.24, 2.45) is 5.41 Å². The summed E-state index contributed by atoms with van der Waals surface area (Å²) in [5.41, 5.74) is 0.894. The van der Waals surface area contributed by atoms with Gasteiger partial charge in [-0.2, -0.15) is 4.98 Å². The molecule has 9 nitrogen and oxygen atoms in total. The van der Waals surface area contributed by atoms with Crippen molar-refractivity contribution in [3.05, 3.63) is 35.8 Å². The minimum Gasteiger partial charge on any atom is -0.367 e. The first-order chi connectivity index (χ1) is 18.4. The van der Waals surface area contributed by atoms with Crippen LogP contribution in [0, 0.1) is 11.2 Å². The summed E-state index contributed by atoms with van der Waals surface area (Å²) in [7, 11) is 0. The third-order valence-corrected chi connectivity index (χ3v) is 8.74. The molecule has 2 amide bonds. The van der Waals surface area contributed by atoms with E-state index >= 15 is 4.39 Å². The molecule has 10 heteroatoms. The van der Waals surface area contributed by atoms with Gasteiger partial charge in [-0.1, -0.05) is 12.8 Å². The van der Waals surface area contributed by atoms with Gasteiger partial charge in [-0.3, -0.25) is 19.4 Å². The summed E-state index contributed by atoms with van der Waals surface area (Å²) in [4.78, 5) is 42.1. The van der Waals surface area contributed by atoms with Crippen LogP contribution in [0.1, 0.15) is 51.5 Å². The zero-order valence-corrected chi connectivity index (χ0v) is 22.2. The van der Waals surface area contributed by atoms with Gasteiger partial charge in [0.1, 0.15) is 17.1 Å². The number of piperazine rings is 1. The lowest BCUT2D eigenvalue weighted by atomic mass is 9.76. The summed E-state index contributed by atoms with van der Waals surface area (Å²) in [6.07, 6.45) is 6.41. The van der Waals surface area contributed by atoms with E-state index in [9.17, 15) is 9.59 Å². The lowest BCUT2D eigenvalue weighted by Crippen LogP contribution is -2.56. The fourth-order valence-corrected chi connectivity index (χ4v) is 6.51. The molecule has 4 heterocycles. The van der Waals surface area contributed by atoms with Crippen LogP contribution in [0.2, 0.25) is 0 Å². The zero-order valence-electron chi connectivity index (χ0n) is 22.2. The van der Waals surface area contributed by atoms with E-state index in [-0.39, 0.29) is 23.7 Å². The van der Waals surface area contributed by atoms with Crippen LogP contribution in [-0.2, 0) is 16.0 Å². The molecule has 38 heavy (non-hydrogen) atoms. The van der Waals surface area contributed by atoms with Crippen LogP contribution >= 0.6 is 0 Å². The number of amides is 2. The van der Waals surface area contributed by atoms with Crippen LogP contribution < -0.4 is 20.4 Å². The molecule has 0 unspecified atom stereocenters. The molecule has 0 bridgehead atoms. The van der Waals surface area contributed by atoms with Crippen molar-refractivity contribution in [2.45, 2.75) is 64.5 Å². The largest absolute Gasteiger partial charge is 0.367 e. The van der Waals surface area contributed by atoms with Gasteiger partial charge in [0.15, 0.2) is 0 Å². The van der Waals surface area contributed by atoms with Gasteiger partial charge in [-0.15, -0.1) is 0 Å². The Bertz CT molecular complexity index is 1240. The normalized spacial score (nSPS) is 24.4. The van der Waals surface area contributed by atoms with Gasteiger partial charge in [0, 0.05) is 68.7 Å². The van der Waals surface area contributed by atoms with Gasteiger partial charge in [-0.05, 0) is 51.3 Å². The van der Waals surface area contributed by atoms with E-state index in [4.69, 9.17) is 4.98 Å². The van der Waals surface area contributed by atoms with E-state index in [0.29, 0.717) is 48.6 Å². The molecule has 1 aromatic heterocycles. The number of halogens is 1. The number of nitrogens with one attached hydrogen (secondary N) is 2. The monoisotopic (exact) mass is 521 g/mol. The molecule has 1 spiro atoms. The third kappa shape index (κ3) is 4.28. The molecule has 6 rings (SSSR count). The first-order valence-corrected chi connectivity index (χ1v) is 13.9. The van der Waals surface area contributed by atoms with Crippen molar-refractivity contribution in [1.82, 2.24) is 20.2 Å². The highest BCUT2D eigenvalue weighted by Gasteiger charge is 2.56. The van der Waals surface area contributed by atoms with Crippen LogP contribution in [0.4, 0.5) is 27.5 Å². The second kappa shape index (κ2) is 9.80. The Kier molecular flexibility index (Phi) is 6.45. The van der Waals surface area contributed by atoms with Crippen molar-refractivity contribution in [3.63, 3.8) is 0 Å². The number of fused-ring (bicyclic) bond motifs is 1. The lowest BCUT2D eigenvalue weighted by molar-refractivity contribution is -0.140. The maximum absolute atomic E-state index is 15.2. The smallest absolute Gasteiger partial charge is 0.244 e.